The van der Waals surface area contributed by atoms with E-state index in [1.165, 1.54) is 5.56 Å². The van der Waals surface area contributed by atoms with Crippen molar-refractivity contribution in [2.24, 2.45) is 5.84 Å². The second-order valence-corrected chi connectivity index (χ2v) is 3.98. The van der Waals surface area contributed by atoms with E-state index in [1.807, 2.05) is 69.3 Å². The quantitative estimate of drug-likeness (QED) is 0.362. The van der Waals surface area contributed by atoms with Crippen LogP contribution in [0.4, 0.5) is 0 Å². The van der Waals surface area contributed by atoms with Crippen molar-refractivity contribution < 1.29 is 4.74 Å². The minimum Gasteiger partial charge on any atom is -0.457 e. The average Bonchev–Trinajstić information content (AvgIpc) is 2.36. The molecule has 0 saturated carbocycles. The zero-order valence-electron chi connectivity index (χ0n) is 11.1. The zero-order valence-corrected chi connectivity index (χ0v) is 11.1. The van der Waals surface area contributed by atoms with Crippen LogP contribution >= 0.6 is 0 Å². The van der Waals surface area contributed by atoms with Crippen molar-refractivity contribution >= 4 is 0 Å². The van der Waals surface area contributed by atoms with E-state index in [1.54, 1.807) is 0 Å². The molecule has 0 amide bonds. The smallest absolute Gasteiger partial charge is 0.127 e. The summed E-state index contributed by atoms with van der Waals surface area (Å²) in [5.41, 5.74) is 4.61. The Hall–Kier alpha value is -2.00. The van der Waals surface area contributed by atoms with Gasteiger partial charge in [-0.2, -0.15) is 0 Å². The van der Waals surface area contributed by atoms with Gasteiger partial charge in [-0.05, 0) is 56.7 Å². The maximum Gasteiger partial charge on any atom is 0.127 e. The van der Waals surface area contributed by atoms with Crippen molar-refractivity contribution in [2.75, 3.05) is 0 Å². The molecular formula is C15H20N2O. The number of aryl methyl sites for hydroxylation is 1. The molecule has 3 heteroatoms. The van der Waals surface area contributed by atoms with Gasteiger partial charge in [0.25, 0.3) is 0 Å². The van der Waals surface area contributed by atoms with Crippen molar-refractivity contribution in [1.82, 2.24) is 5.43 Å². The Morgan fingerprint density at radius 2 is 2.11 bits per heavy atom. The van der Waals surface area contributed by atoms with E-state index < -0.39 is 0 Å². The lowest BCUT2D eigenvalue weighted by Crippen LogP contribution is -2.18. The number of nitrogens with one attached hydrogen (secondary N) is 1. The van der Waals surface area contributed by atoms with Gasteiger partial charge in [0.1, 0.15) is 11.5 Å². The van der Waals surface area contributed by atoms with Crippen LogP contribution < -0.4 is 16.0 Å². The first-order valence-corrected chi connectivity index (χ1v) is 5.88. The zero-order chi connectivity index (χ0) is 13.4. The SMILES string of the molecule is C\C=C/C(=C\C=C(/C)NN)Oc1cccc(C)c1. The van der Waals surface area contributed by atoms with E-state index >= 15 is 0 Å². The van der Waals surface area contributed by atoms with Crippen LogP contribution in [0.2, 0.25) is 0 Å². The van der Waals surface area contributed by atoms with E-state index in [4.69, 9.17) is 10.6 Å². The van der Waals surface area contributed by atoms with Crippen LogP contribution in [0.1, 0.15) is 19.4 Å². The molecule has 0 unspecified atom stereocenters. The molecule has 18 heavy (non-hydrogen) atoms. The van der Waals surface area contributed by atoms with Gasteiger partial charge >= 0.3 is 0 Å². The first-order valence-electron chi connectivity index (χ1n) is 5.88. The summed E-state index contributed by atoms with van der Waals surface area (Å²) in [7, 11) is 0. The van der Waals surface area contributed by atoms with E-state index in [2.05, 4.69) is 5.43 Å². The second kappa shape index (κ2) is 7.35. The highest BCUT2D eigenvalue weighted by Gasteiger charge is 1.96. The monoisotopic (exact) mass is 244 g/mol. The molecule has 0 radical (unpaired) electrons. The van der Waals surface area contributed by atoms with E-state index in [9.17, 15) is 0 Å². The summed E-state index contributed by atoms with van der Waals surface area (Å²) in [6.45, 7) is 5.87. The molecule has 3 N–H and O–H groups in total. The number of allylic oxidation sites excluding steroid dienone is 5. The summed E-state index contributed by atoms with van der Waals surface area (Å²) in [6.07, 6.45) is 7.58. The first-order chi connectivity index (χ1) is 8.65. The van der Waals surface area contributed by atoms with Gasteiger partial charge in [0.05, 0.1) is 0 Å². The summed E-state index contributed by atoms with van der Waals surface area (Å²) in [6, 6.07) is 7.94. The van der Waals surface area contributed by atoms with Gasteiger partial charge in [-0.25, -0.2) is 0 Å². The van der Waals surface area contributed by atoms with Gasteiger partial charge in [0, 0.05) is 5.70 Å². The third kappa shape index (κ3) is 4.89. The largest absolute Gasteiger partial charge is 0.457 e. The lowest BCUT2D eigenvalue weighted by atomic mass is 10.2. The summed E-state index contributed by atoms with van der Waals surface area (Å²) >= 11 is 0. The number of hydrogen-bond acceptors (Lipinski definition) is 3. The van der Waals surface area contributed by atoms with Crippen LogP contribution in [0, 0.1) is 6.92 Å². The minimum atomic E-state index is 0.762. The Balaban J connectivity index is 2.87. The number of rotatable bonds is 5. The van der Waals surface area contributed by atoms with Gasteiger partial charge < -0.3 is 10.2 Å². The van der Waals surface area contributed by atoms with Gasteiger partial charge in [-0.15, -0.1) is 0 Å². The standard InChI is InChI=1S/C15H20N2O/c1-4-6-14(10-9-13(3)17-16)18-15-8-5-7-12(2)11-15/h4-11,17H,16H2,1-3H3/b6-4-,13-9+,14-10+. The van der Waals surface area contributed by atoms with Crippen molar-refractivity contribution in [3.8, 4) is 5.75 Å². The molecule has 3 nitrogen and oxygen atoms in total. The van der Waals surface area contributed by atoms with Gasteiger partial charge in [-0.3, -0.25) is 5.84 Å². The normalized spacial score (nSPS) is 12.9. The van der Waals surface area contributed by atoms with Crippen LogP contribution in [0.3, 0.4) is 0 Å². The molecule has 1 rings (SSSR count). The molecule has 0 spiro atoms. The number of hydrogen-bond donors (Lipinski definition) is 2. The minimum absolute atomic E-state index is 0.762. The number of nitrogens with two attached hydrogens (primary N) is 1. The van der Waals surface area contributed by atoms with Crippen molar-refractivity contribution in [3.05, 3.63) is 65.6 Å². The molecule has 0 fully saturated rings. The van der Waals surface area contributed by atoms with Gasteiger partial charge in [0.15, 0.2) is 0 Å². The van der Waals surface area contributed by atoms with Crippen LogP contribution in [-0.2, 0) is 0 Å². The average molecular weight is 244 g/mol. The summed E-state index contributed by atoms with van der Waals surface area (Å²) in [5, 5.41) is 0. The maximum atomic E-state index is 5.79. The lowest BCUT2D eigenvalue weighted by molar-refractivity contribution is 0.444. The summed E-state index contributed by atoms with van der Waals surface area (Å²) in [5.74, 6) is 6.89. The van der Waals surface area contributed by atoms with Gasteiger partial charge in [0.2, 0.25) is 0 Å². The molecule has 0 aliphatic rings. The van der Waals surface area contributed by atoms with Gasteiger partial charge in [-0.1, -0.05) is 18.2 Å². The predicted octanol–water partition coefficient (Wildman–Crippen LogP) is 3.20. The highest BCUT2D eigenvalue weighted by atomic mass is 16.5. The van der Waals surface area contributed by atoms with E-state index in [0.29, 0.717) is 0 Å². The maximum absolute atomic E-state index is 5.79. The van der Waals surface area contributed by atoms with Crippen molar-refractivity contribution in [1.29, 1.82) is 0 Å². The molecule has 0 saturated heterocycles. The highest BCUT2D eigenvalue weighted by Crippen LogP contribution is 2.16. The molecule has 1 aromatic carbocycles. The fourth-order valence-corrected chi connectivity index (χ4v) is 1.36. The number of benzene rings is 1. The third-order valence-corrected chi connectivity index (χ3v) is 2.28. The fourth-order valence-electron chi connectivity index (χ4n) is 1.36. The molecule has 0 atom stereocenters. The molecule has 0 heterocycles. The van der Waals surface area contributed by atoms with Crippen molar-refractivity contribution in [3.63, 3.8) is 0 Å². The summed E-state index contributed by atoms with van der Waals surface area (Å²) < 4.78 is 5.79. The molecule has 96 valence electrons. The van der Waals surface area contributed by atoms with Crippen LogP contribution in [0.25, 0.3) is 0 Å². The number of hydrazine groups is 1. The molecule has 0 aliphatic heterocycles. The van der Waals surface area contributed by atoms with E-state index in [-0.39, 0.29) is 0 Å². The Bertz CT molecular complexity index is 473. The molecule has 1 aromatic rings. The van der Waals surface area contributed by atoms with Crippen LogP contribution in [0.15, 0.2) is 60.0 Å². The predicted molar refractivity (Wildman–Crippen MR) is 75.8 cm³/mol. The molecule has 0 bridgehead atoms. The third-order valence-electron chi connectivity index (χ3n) is 2.28. The van der Waals surface area contributed by atoms with Crippen molar-refractivity contribution in [2.45, 2.75) is 20.8 Å². The second-order valence-electron chi connectivity index (χ2n) is 3.98. The fraction of sp³-hybridized carbons (Fsp3) is 0.200. The van der Waals surface area contributed by atoms with Crippen LogP contribution in [-0.4, -0.2) is 0 Å². The molecule has 0 aromatic heterocycles. The Labute approximate surface area is 109 Å². The molecule has 0 aliphatic carbocycles. The Morgan fingerprint density at radius 1 is 1.33 bits per heavy atom. The first kappa shape index (κ1) is 14.1. The lowest BCUT2D eigenvalue weighted by Gasteiger charge is -2.07. The Morgan fingerprint density at radius 3 is 2.72 bits per heavy atom. The summed E-state index contributed by atoms with van der Waals surface area (Å²) in [4.78, 5) is 0. The Kier molecular flexibility index (Phi) is 5.74. The molecular weight excluding hydrogens is 224 g/mol. The number of ether oxygens (including phenoxy) is 1. The van der Waals surface area contributed by atoms with Crippen LogP contribution in [0.5, 0.6) is 5.75 Å². The van der Waals surface area contributed by atoms with E-state index in [0.717, 1.165) is 17.2 Å². The topological polar surface area (TPSA) is 47.3 Å². The highest BCUT2D eigenvalue weighted by molar-refractivity contribution is 5.31.